The van der Waals surface area contributed by atoms with E-state index in [9.17, 15) is 29.1 Å². The van der Waals surface area contributed by atoms with E-state index in [1.165, 1.54) is 6.92 Å². The lowest BCUT2D eigenvalue weighted by molar-refractivity contribution is -0.142. The Morgan fingerprint density at radius 2 is 1.60 bits per heavy atom. The minimum absolute atomic E-state index is 0.0153. The van der Waals surface area contributed by atoms with Crippen molar-refractivity contribution in [2.75, 3.05) is 6.61 Å². The Labute approximate surface area is 200 Å². The van der Waals surface area contributed by atoms with Crippen molar-refractivity contribution < 1.29 is 39.3 Å². The molecule has 1 aromatic heterocycles. The smallest absolute Gasteiger partial charge is 0.325 e. The average molecular weight is 492 g/mol. The van der Waals surface area contributed by atoms with Gasteiger partial charge in [0.15, 0.2) is 0 Å². The Bertz CT molecular complexity index is 1080. The molecule has 0 bridgehead atoms. The summed E-state index contributed by atoms with van der Waals surface area (Å²) in [6.07, 6.45) is 1.14. The van der Waals surface area contributed by atoms with Crippen molar-refractivity contribution in [2.45, 2.75) is 50.4 Å². The second-order valence-corrected chi connectivity index (χ2v) is 7.98. The van der Waals surface area contributed by atoms with Gasteiger partial charge in [0.2, 0.25) is 17.7 Å². The second kappa shape index (κ2) is 12.5. The number of hydrogen-bond donors (Lipinski definition) is 8. The third kappa shape index (κ3) is 7.79. The number of hydrogen-bond acceptors (Lipinski definition) is 7. The molecule has 0 radical (unpaired) electrons. The van der Waals surface area contributed by atoms with Crippen LogP contribution in [0.5, 0.6) is 0 Å². The highest BCUT2D eigenvalue weighted by Gasteiger charge is 2.30. The van der Waals surface area contributed by atoms with Crippen molar-refractivity contribution in [3.05, 3.63) is 36.0 Å². The fraction of sp³-hybridized carbons (Fsp3) is 0.409. The van der Waals surface area contributed by atoms with E-state index in [2.05, 4.69) is 20.9 Å². The summed E-state index contributed by atoms with van der Waals surface area (Å²) in [5.41, 5.74) is 7.23. The molecule has 1 aromatic carbocycles. The Morgan fingerprint density at radius 3 is 2.23 bits per heavy atom. The summed E-state index contributed by atoms with van der Waals surface area (Å²) < 4.78 is 0. The van der Waals surface area contributed by atoms with Crippen molar-refractivity contribution in [1.29, 1.82) is 0 Å². The largest absolute Gasteiger partial charge is 0.481 e. The van der Waals surface area contributed by atoms with Crippen LogP contribution in [0.2, 0.25) is 0 Å². The highest BCUT2D eigenvalue weighted by Crippen LogP contribution is 2.19. The van der Waals surface area contributed by atoms with Gasteiger partial charge in [-0.25, -0.2) is 0 Å². The van der Waals surface area contributed by atoms with Gasteiger partial charge in [0.05, 0.1) is 12.6 Å². The standard InChI is InChI=1S/C22H29N5O8/c1-11(22(34)35)25-21(33)17(10-28)27-20(32)16(26-19(31)14(23)6-7-18(29)30)8-12-9-24-15-5-3-2-4-13(12)15/h2-5,9,11,14,16-17,24,28H,6-8,10,23H2,1H3,(H,25,33)(H,26,31)(H,27,32)(H,29,30)(H,34,35). The first-order valence-corrected chi connectivity index (χ1v) is 10.8. The number of carbonyl (C=O) groups excluding carboxylic acids is 3. The maximum absolute atomic E-state index is 13.0. The van der Waals surface area contributed by atoms with Crippen molar-refractivity contribution >= 4 is 40.6 Å². The lowest BCUT2D eigenvalue weighted by atomic mass is 10.0. The van der Waals surface area contributed by atoms with Crippen LogP contribution in [-0.2, 0) is 30.4 Å². The van der Waals surface area contributed by atoms with Crippen LogP contribution in [-0.4, -0.2) is 80.7 Å². The lowest BCUT2D eigenvalue weighted by Crippen LogP contribution is -2.58. The molecule has 0 aliphatic heterocycles. The van der Waals surface area contributed by atoms with E-state index in [0.29, 0.717) is 5.56 Å². The van der Waals surface area contributed by atoms with E-state index in [-0.39, 0.29) is 19.3 Å². The van der Waals surface area contributed by atoms with Gasteiger partial charge in [0.25, 0.3) is 0 Å². The SMILES string of the molecule is CC(NC(=O)C(CO)NC(=O)C(Cc1c[nH]c2ccccc12)NC(=O)C(N)CCC(=O)O)C(=O)O. The molecule has 190 valence electrons. The Kier molecular flexibility index (Phi) is 9.73. The van der Waals surface area contributed by atoms with Gasteiger partial charge in [-0.2, -0.15) is 0 Å². The molecule has 2 aromatic rings. The molecule has 0 spiro atoms. The van der Waals surface area contributed by atoms with Gasteiger partial charge in [0.1, 0.15) is 18.1 Å². The highest BCUT2D eigenvalue weighted by atomic mass is 16.4. The first-order valence-electron chi connectivity index (χ1n) is 10.8. The van der Waals surface area contributed by atoms with Crippen LogP contribution in [0, 0.1) is 0 Å². The first-order chi connectivity index (χ1) is 16.5. The van der Waals surface area contributed by atoms with Gasteiger partial charge in [0, 0.05) is 29.9 Å². The number of aliphatic hydroxyl groups is 1. The Hall–Kier alpha value is -3.97. The summed E-state index contributed by atoms with van der Waals surface area (Å²) in [4.78, 5) is 62.7. The maximum Gasteiger partial charge on any atom is 0.325 e. The molecular weight excluding hydrogens is 462 g/mol. The monoisotopic (exact) mass is 491 g/mol. The van der Waals surface area contributed by atoms with E-state index < -0.39 is 60.4 Å². The molecule has 35 heavy (non-hydrogen) atoms. The number of carbonyl (C=O) groups is 5. The van der Waals surface area contributed by atoms with Crippen LogP contribution < -0.4 is 21.7 Å². The molecule has 0 aliphatic carbocycles. The molecule has 4 unspecified atom stereocenters. The normalized spacial score (nSPS) is 14.4. The Balaban J connectivity index is 2.21. The van der Waals surface area contributed by atoms with Crippen molar-refractivity contribution in [3.8, 4) is 0 Å². The van der Waals surface area contributed by atoms with E-state index in [1.54, 1.807) is 12.3 Å². The number of H-pyrrole nitrogens is 1. The molecule has 1 heterocycles. The van der Waals surface area contributed by atoms with Crippen LogP contribution >= 0.6 is 0 Å². The number of aromatic nitrogens is 1. The van der Waals surface area contributed by atoms with Crippen molar-refractivity contribution in [1.82, 2.24) is 20.9 Å². The van der Waals surface area contributed by atoms with E-state index in [0.717, 1.165) is 10.9 Å². The number of nitrogens with two attached hydrogens (primary N) is 1. The van der Waals surface area contributed by atoms with Crippen LogP contribution in [0.1, 0.15) is 25.3 Å². The molecule has 0 saturated carbocycles. The summed E-state index contributed by atoms with van der Waals surface area (Å²) in [5, 5.41) is 35.1. The predicted octanol–water partition coefficient (Wildman–Crippen LogP) is -1.55. The molecule has 9 N–H and O–H groups in total. The highest BCUT2D eigenvalue weighted by molar-refractivity contribution is 5.95. The number of aromatic amines is 1. The molecule has 3 amide bonds. The van der Waals surface area contributed by atoms with Gasteiger partial charge in [-0.15, -0.1) is 0 Å². The van der Waals surface area contributed by atoms with Crippen LogP contribution in [0.15, 0.2) is 30.5 Å². The minimum atomic E-state index is -1.48. The minimum Gasteiger partial charge on any atom is -0.481 e. The number of fused-ring (bicyclic) bond motifs is 1. The summed E-state index contributed by atoms with van der Waals surface area (Å²) in [5.74, 6) is -4.96. The zero-order valence-electron chi connectivity index (χ0n) is 19.0. The second-order valence-electron chi connectivity index (χ2n) is 7.98. The van der Waals surface area contributed by atoms with Gasteiger partial charge >= 0.3 is 11.9 Å². The molecule has 4 atom stereocenters. The fourth-order valence-electron chi connectivity index (χ4n) is 3.26. The number of amides is 3. The van der Waals surface area contributed by atoms with Gasteiger partial charge in [-0.1, -0.05) is 18.2 Å². The third-order valence-electron chi connectivity index (χ3n) is 5.28. The lowest BCUT2D eigenvalue weighted by Gasteiger charge is -2.24. The van der Waals surface area contributed by atoms with Gasteiger partial charge in [-0.05, 0) is 25.0 Å². The van der Waals surface area contributed by atoms with E-state index in [1.807, 2.05) is 18.2 Å². The number of benzene rings is 1. The van der Waals surface area contributed by atoms with E-state index >= 15 is 0 Å². The van der Waals surface area contributed by atoms with E-state index in [4.69, 9.17) is 15.9 Å². The molecule has 13 nitrogen and oxygen atoms in total. The predicted molar refractivity (Wildman–Crippen MR) is 123 cm³/mol. The summed E-state index contributed by atoms with van der Waals surface area (Å²) in [6, 6.07) is 2.07. The van der Waals surface area contributed by atoms with Crippen LogP contribution in [0.3, 0.4) is 0 Å². The summed E-state index contributed by atoms with van der Waals surface area (Å²) in [6.45, 7) is 0.394. The maximum atomic E-state index is 13.0. The summed E-state index contributed by atoms with van der Waals surface area (Å²) >= 11 is 0. The average Bonchev–Trinajstić information content (AvgIpc) is 3.22. The van der Waals surface area contributed by atoms with Gasteiger partial charge < -0.3 is 42.0 Å². The Morgan fingerprint density at radius 1 is 0.971 bits per heavy atom. The number of aliphatic carboxylic acids is 2. The molecule has 0 saturated heterocycles. The quantitative estimate of drug-likeness (QED) is 0.162. The van der Waals surface area contributed by atoms with Crippen LogP contribution in [0.4, 0.5) is 0 Å². The third-order valence-corrected chi connectivity index (χ3v) is 5.28. The van der Waals surface area contributed by atoms with Crippen molar-refractivity contribution in [2.24, 2.45) is 5.73 Å². The topological polar surface area (TPSA) is 224 Å². The molecule has 0 fully saturated rings. The number of carboxylic acids is 2. The molecule has 0 aliphatic rings. The van der Waals surface area contributed by atoms with Gasteiger partial charge in [-0.3, -0.25) is 24.0 Å². The number of aliphatic hydroxyl groups excluding tert-OH is 1. The number of nitrogens with one attached hydrogen (secondary N) is 4. The molecule has 13 heteroatoms. The van der Waals surface area contributed by atoms with Crippen molar-refractivity contribution in [3.63, 3.8) is 0 Å². The first kappa shape index (κ1) is 27.3. The zero-order valence-corrected chi connectivity index (χ0v) is 19.0. The molecule has 2 rings (SSSR count). The van der Waals surface area contributed by atoms with Crippen LogP contribution in [0.25, 0.3) is 10.9 Å². The number of rotatable bonds is 13. The fourth-order valence-corrected chi connectivity index (χ4v) is 3.26. The molecular formula is C22H29N5O8. The zero-order chi connectivity index (χ0) is 26.1. The number of carboxylic acid groups (broad SMARTS) is 2. The summed E-state index contributed by atoms with van der Waals surface area (Å²) in [7, 11) is 0. The number of para-hydroxylation sites is 1.